The summed E-state index contributed by atoms with van der Waals surface area (Å²) in [6.45, 7) is 11.1. The summed E-state index contributed by atoms with van der Waals surface area (Å²) >= 11 is 0. The fraction of sp³-hybridized carbons (Fsp3) is 0.977. The highest BCUT2D eigenvalue weighted by molar-refractivity contribution is 5.78. The van der Waals surface area contributed by atoms with Crippen LogP contribution in [0, 0.1) is 56.7 Å². The maximum atomic E-state index is 14.2. The smallest absolute Gasteiger partial charge is 0.317 e. The van der Waals surface area contributed by atoms with E-state index in [0.29, 0.717) is 25.2 Å². The van der Waals surface area contributed by atoms with E-state index in [2.05, 4.69) is 20.8 Å². The summed E-state index contributed by atoms with van der Waals surface area (Å²) in [5, 5.41) is 117. The molecule has 16 nitrogen and oxygen atoms in total. The van der Waals surface area contributed by atoms with Gasteiger partial charge in [-0.05, 0) is 111 Å². The molecular formula is C43H72O16. The van der Waals surface area contributed by atoms with Gasteiger partial charge in [-0.15, -0.1) is 0 Å². The second kappa shape index (κ2) is 15.9. The van der Waals surface area contributed by atoms with Crippen molar-refractivity contribution in [3.05, 3.63) is 0 Å². The van der Waals surface area contributed by atoms with Crippen molar-refractivity contribution >= 4 is 5.97 Å². The Morgan fingerprint density at radius 3 is 1.90 bits per heavy atom. The molecule has 5 saturated carbocycles. The van der Waals surface area contributed by atoms with E-state index in [1.807, 2.05) is 13.8 Å². The lowest BCUT2D eigenvalue weighted by atomic mass is 9.41. The van der Waals surface area contributed by atoms with Crippen LogP contribution < -0.4 is 0 Å². The topological polar surface area (TPSA) is 277 Å². The summed E-state index contributed by atoms with van der Waals surface area (Å²) in [5.74, 6) is -0.624. The van der Waals surface area contributed by atoms with Crippen LogP contribution >= 0.6 is 0 Å². The summed E-state index contributed by atoms with van der Waals surface area (Å²) in [4.78, 5) is 14.2. The maximum absolute atomic E-state index is 14.2. The fourth-order valence-electron chi connectivity index (χ4n) is 14.3. The molecule has 0 radical (unpaired) electrons. The Balaban J connectivity index is 1.05. The fourth-order valence-corrected chi connectivity index (χ4v) is 14.3. The Morgan fingerprint density at radius 1 is 0.729 bits per heavy atom. The predicted octanol–water partition coefficient (Wildman–Crippen LogP) is -0.300. The number of aliphatic hydroxyl groups excluding tert-OH is 10. The highest BCUT2D eigenvalue weighted by atomic mass is 16.7. The first kappa shape index (κ1) is 45.9. The van der Waals surface area contributed by atoms with Crippen molar-refractivity contribution in [2.24, 2.45) is 56.7 Å². The molecule has 0 unspecified atom stereocenters. The SMILES string of the molecule is CC(C)[C@@](O)(CC[C@@H](C)[C@H]1CC[C@@]2(C)[C@@H]3CC[C@H]4[C@](C)(C(=O)O[C@@H]5O[C@H](CO)[C@@H](O)[C@H](O)[C@@H]5O)[C@@H](O)C[C@H](O)[C@@]45C[C@@]35CC[C@]12C)CO[C@@H]1O[C@H](CO)[C@@H](O)[C@H](O)[C@H]1O. The molecule has 2 aliphatic heterocycles. The molecule has 0 aromatic heterocycles. The van der Waals surface area contributed by atoms with Crippen LogP contribution in [-0.2, 0) is 23.7 Å². The van der Waals surface area contributed by atoms with E-state index in [-0.39, 0.29) is 47.0 Å². The second-order valence-electron chi connectivity index (χ2n) is 21.0. The number of carbonyl (C=O) groups excluding carboxylic acids is 1. The molecule has 2 spiro atoms. The molecule has 5 aliphatic carbocycles. The van der Waals surface area contributed by atoms with Crippen LogP contribution in [0.25, 0.3) is 0 Å². The van der Waals surface area contributed by atoms with Gasteiger partial charge in [0, 0.05) is 11.8 Å². The van der Waals surface area contributed by atoms with Gasteiger partial charge in [-0.2, -0.15) is 0 Å². The molecule has 0 aromatic carbocycles. The zero-order chi connectivity index (χ0) is 43.4. The van der Waals surface area contributed by atoms with Crippen LogP contribution in [0.4, 0.5) is 0 Å². The van der Waals surface area contributed by atoms with E-state index in [1.54, 1.807) is 6.92 Å². The van der Waals surface area contributed by atoms with E-state index in [9.17, 15) is 61.0 Å². The minimum atomic E-state index is -1.78. The van der Waals surface area contributed by atoms with Crippen molar-refractivity contribution in [1.29, 1.82) is 0 Å². The van der Waals surface area contributed by atoms with Gasteiger partial charge >= 0.3 is 5.97 Å². The zero-order valence-corrected chi connectivity index (χ0v) is 35.5. The molecule has 7 rings (SSSR count). The van der Waals surface area contributed by atoms with Crippen molar-refractivity contribution in [2.45, 2.75) is 185 Å². The third kappa shape index (κ3) is 6.63. The van der Waals surface area contributed by atoms with Crippen LogP contribution in [0.1, 0.15) is 106 Å². The van der Waals surface area contributed by atoms with Crippen LogP contribution in [0.3, 0.4) is 0 Å². The molecule has 2 saturated heterocycles. The average Bonchev–Trinajstić information content (AvgIpc) is 3.82. The second-order valence-corrected chi connectivity index (χ2v) is 21.0. The van der Waals surface area contributed by atoms with Crippen molar-refractivity contribution < 1.29 is 79.9 Å². The number of fused-ring (bicyclic) bond motifs is 2. The Hall–Kier alpha value is -1.09. The van der Waals surface area contributed by atoms with Crippen LogP contribution in [0.5, 0.6) is 0 Å². The van der Waals surface area contributed by atoms with Gasteiger partial charge in [0.2, 0.25) is 6.29 Å². The summed E-state index contributed by atoms with van der Waals surface area (Å²) in [6.07, 6.45) is -10.3. The summed E-state index contributed by atoms with van der Waals surface area (Å²) < 4.78 is 22.6. The highest BCUT2D eigenvalue weighted by Gasteiger charge is 2.86. The molecule has 11 N–H and O–H groups in total. The molecule has 7 aliphatic rings. The number of aliphatic hydroxyl groups is 11. The Morgan fingerprint density at radius 2 is 1.31 bits per heavy atom. The molecule has 2 heterocycles. The Bertz CT molecular complexity index is 1530. The molecule has 16 heteroatoms. The summed E-state index contributed by atoms with van der Waals surface area (Å²) in [7, 11) is 0. The van der Waals surface area contributed by atoms with Crippen LogP contribution in [-0.4, -0.2) is 161 Å². The quantitative estimate of drug-likeness (QED) is 0.113. The Kier molecular flexibility index (Phi) is 12.3. The first-order valence-corrected chi connectivity index (χ1v) is 22.1. The molecule has 22 atom stereocenters. The highest BCUT2D eigenvalue weighted by Crippen LogP contribution is 2.89. The van der Waals surface area contributed by atoms with E-state index in [0.717, 1.165) is 38.5 Å². The van der Waals surface area contributed by atoms with Crippen molar-refractivity contribution in [3.8, 4) is 0 Å². The van der Waals surface area contributed by atoms with Crippen LogP contribution in [0.15, 0.2) is 0 Å². The number of hydrogen-bond acceptors (Lipinski definition) is 16. The zero-order valence-electron chi connectivity index (χ0n) is 35.5. The lowest BCUT2D eigenvalue weighted by Crippen LogP contribution is -2.65. The number of hydrogen-bond donors (Lipinski definition) is 11. The third-order valence-corrected chi connectivity index (χ3v) is 18.5. The van der Waals surface area contributed by atoms with Gasteiger partial charge in [0.15, 0.2) is 6.29 Å². The van der Waals surface area contributed by atoms with E-state index < -0.39 is 115 Å². The van der Waals surface area contributed by atoms with E-state index >= 15 is 0 Å². The minimum Gasteiger partial charge on any atom is -0.432 e. The predicted molar refractivity (Wildman–Crippen MR) is 206 cm³/mol. The summed E-state index contributed by atoms with van der Waals surface area (Å²) in [6, 6.07) is 0. The van der Waals surface area contributed by atoms with Crippen LogP contribution in [0.2, 0.25) is 0 Å². The largest absolute Gasteiger partial charge is 0.432 e. The van der Waals surface area contributed by atoms with Gasteiger partial charge < -0.3 is 75.1 Å². The van der Waals surface area contributed by atoms with Gasteiger partial charge in [-0.25, -0.2) is 0 Å². The molecule has 0 bridgehead atoms. The monoisotopic (exact) mass is 844 g/mol. The van der Waals surface area contributed by atoms with Crippen molar-refractivity contribution in [1.82, 2.24) is 0 Å². The minimum absolute atomic E-state index is 0.0161. The standard InChI is InChI=1S/C43H72O16/c1-20(2)42(55,19-56-35-33(52)31(50)29(48)23(16-44)57-35)12-9-21(3)22-10-11-39(5)25-7-8-26-40(6,37(54)59-36-34(53)32(51)30(49)24(17-45)58-36)27(46)15-28(47)43(26)18-41(25,43)14-13-38(22,39)4/h20-36,44-53,55H,7-19H2,1-6H3/t21-,22-,23-,24-,25+,26+,27+,28+,29-,30-,31+,32+,33-,34+,35-,36+,38-,39+,40+,41+,42-,43-/m1/s1. The number of esters is 1. The molecule has 0 amide bonds. The van der Waals surface area contributed by atoms with E-state index in [4.69, 9.17) is 18.9 Å². The summed E-state index contributed by atoms with van der Waals surface area (Å²) in [5.41, 5.74) is -3.74. The molecule has 0 aromatic rings. The van der Waals surface area contributed by atoms with Crippen molar-refractivity contribution in [2.75, 3.05) is 19.8 Å². The third-order valence-electron chi connectivity index (χ3n) is 18.5. The number of carbonyl (C=O) groups is 1. The van der Waals surface area contributed by atoms with Gasteiger partial charge in [-0.3, -0.25) is 4.79 Å². The van der Waals surface area contributed by atoms with Gasteiger partial charge in [0.25, 0.3) is 0 Å². The maximum Gasteiger partial charge on any atom is 0.317 e. The molecular weight excluding hydrogens is 772 g/mol. The normalized spacial score (nSPS) is 53.4. The van der Waals surface area contributed by atoms with Crippen molar-refractivity contribution in [3.63, 3.8) is 0 Å². The van der Waals surface area contributed by atoms with Gasteiger partial charge in [0.05, 0.1) is 43.0 Å². The molecule has 59 heavy (non-hydrogen) atoms. The molecule has 7 fully saturated rings. The Labute approximate surface area is 346 Å². The first-order chi connectivity index (χ1) is 27.5. The number of rotatable bonds is 12. The average molecular weight is 845 g/mol. The molecule has 340 valence electrons. The lowest BCUT2D eigenvalue weighted by molar-refractivity contribution is -0.310. The number of ether oxygens (including phenoxy) is 4. The van der Waals surface area contributed by atoms with Gasteiger partial charge in [-0.1, -0.05) is 34.6 Å². The van der Waals surface area contributed by atoms with Gasteiger partial charge in [0.1, 0.15) is 48.8 Å². The lowest BCUT2D eigenvalue weighted by Gasteiger charge is -2.63. The van der Waals surface area contributed by atoms with E-state index in [1.165, 1.54) is 0 Å². The first-order valence-electron chi connectivity index (χ1n) is 22.1.